The van der Waals surface area contributed by atoms with Gasteiger partial charge in [-0.3, -0.25) is 9.59 Å². The molecule has 0 aromatic rings. The van der Waals surface area contributed by atoms with Gasteiger partial charge in [0.2, 0.25) is 12.2 Å². The second-order valence-electron chi connectivity index (χ2n) is 3.40. The first-order valence-corrected chi connectivity index (χ1v) is 4.12. The lowest BCUT2D eigenvalue weighted by Crippen LogP contribution is -2.36. The quantitative estimate of drug-likeness (QED) is 0.631. The number of hydrogen-bond acceptors (Lipinski definition) is 2. The fraction of sp³-hybridized carbons (Fsp3) is 0.778. The molecule has 0 bridgehead atoms. The molecule has 0 spiro atoms. The van der Waals surface area contributed by atoms with Crippen molar-refractivity contribution in [1.82, 2.24) is 4.90 Å². The fourth-order valence-electron chi connectivity index (χ4n) is 0.788. The van der Waals surface area contributed by atoms with Crippen LogP contribution in [0.15, 0.2) is 0 Å². The van der Waals surface area contributed by atoms with E-state index in [0.29, 0.717) is 12.3 Å². The summed E-state index contributed by atoms with van der Waals surface area (Å²) in [6, 6.07) is -0.434. The van der Waals surface area contributed by atoms with E-state index in [4.69, 9.17) is 0 Å². The average Bonchev–Trinajstić information content (AvgIpc) is 2.00. The van der Waals surface area contributed by atoms with Gasteiger partial charge in [0.1, 0.15) is 0 Å². The van der Waals surface area contributed by atoms with Gasteiger partial charge in [0.15, 0.2) is 0 Å². The van der Waals surface area contributed by atoms with Crippen molar-refractivity contribution in [3.05, 3.63) is 0 Å². The molecule has 12 heavy (non-hydrogen) atoms. The highest BCUT2D eigenvalue weighted by Crippen LogP contribution is 2.04. The van der Waals surface area contributed by atoms with Crippen LogP contribution in [0.25, 0.3) is 0 Å². The number of nitrogens with zero attached hydrogens (tertiary/aromatic N) is 1. The summed E-state index contributed by atoms with van der Waals surface area (Å²) in [6.45, 7) is 5.60. The Labute approximate surface area is 73.7 Å². The summed E-state index contributed by atoms with van der Waals surface area (Å²) in [4.78, 5) is 22.9. The third-order valence-corrected chi connectivity index (χ3v) is 1.73. The van der Waals surface area contributed by atoms with Crippen LogP contribution in [0.4, 0.5) is 0 Å². The van der Waals surface area contributed by atoms with Crippen LogP contribution < -0.4 is 0 Å². The lowest BCUT2D eigenvalue weighted by molar-refractivity contribution is -0.131. The molecule has 1 unspecified atom stereocenters. The molecule has 0 saturated carbocycles. The summed E-state index contributed by atoms with van der Waals surface area (Å²) in [5.74, 6) is 0.333. The lowest BCUT2D eigenvalue weighted by Gasteiger charge is -2.20. The molecular weight excluding hydrogens is 154 g/mol. The largest absolute Gasteiger partial charge is 0.335 e. The van der Waals surface area contributed by atoms with E-state index in [1.807, 2.05) is 13.8 Å². The highest BCUT2D eigenvalue weighted by molar-refractivity contribution is 5.79. The van der Waals surface area contributed by atoms with Crippen molar-refractivity contribution in [2.24, 2.45) is 5.92 Å². The first-order valence-electron chi connectivity index (χ1n) is 4.12. The molecule has 69 valence electrons. The van der Waals surface area contributed by atoms with E-state index >= 15 is 0 Å². The van der Waals surface area contributed by atoms with Gasteiger partial charge in [0, 0.05) is 13.5 Å². The van der Waals surface area contributed by atoms with Gasteiger partial charge in [-0.15, -0.1) is 0 Å². The monoisotopic (exact) mass is 170 g/mol. The Kier molecular flexibility index (Phi) is 4.55. The van der Waals surface area contributed by atoms with Crippen molar-refractivity contribution in [3.63, 3.8) is 0 Å². The molecular formula is C9H16NO2. The summed E-state index contributed by atoms with van der Waals surface area (Å²) in [7, 11) is 1.63. The number of carbonyl (C=O) groups excluding carboxylic acids is 2. The van der Waals surface area contributed by atoms with Crippen LogP contribution in [0.3, 0.4) is 0 Å². The summed E-state index contributed by atoms with van der Waals surface area (Å²) in [6.07, 6.45) is 2.26. The maximum Gasteiger partial charge on any atom is 0.223 e. The molecule has 1 radical (unpaired) electrons. The normalized spacial score (nSPS) is 12.8. The highest BCUT2D eigenvalue weighted by atomic mass is 16.2. The number of hydrogen-bond donors (Lipinski definition) is 0. The first kappa shape index (κ1) is 11.1. The summed E-state index contributed by atoms with van der Waals surface area (Å²) >= 11 is 0. The van der Waals surface area contributed by atoms with E-state index in [0.717, 1.165) is 0 Å². The van der Waals surface area contributed by atoms with Crippen molar-refractivity contribution < 1.29 is 9.59 Å². The standard InChI is InChI=1S/C9H16NO2/c1-7(2)5-9(12)10(4)8(3)6-11/h7-8H,5H2,1-4H3. The molecule has 3 nitrogen and oxygen atoms in total. The second-order valence-corrected chi connectivity index (χ2v) is 3.40. The van der Waals surface area contributed by atoms with Crippen LogP contribution >= 0.6 is 0 Å². The van der Waals surface area contributed by atoms with Crippen molar-refractivity contribution >= 4 is 12.2 Å². The predicted molar refractivity (Wildman–Crippen MR) is 47.4 cm³/mol. The maximum absolute atomic E-state index is 11.3. The van der Waals surface area contributed by atoms with E-state index < -0.39 is 6.04 Å². The van der Waals surface area contributed by atoms with Crippen molar-refractivity contribution in [3.8, 4) is 0 Å². The Morgan fingerprint density at radius 2 is 1.92 bits per heavy atom. The van der Waals surface area contributed by atoms with Crippen LogP contribution in [0.2, 0.25) is 0 Å². The average molecular weight is 170 g/mol. The van der Waals surface area contributed by atoms with Gasteiger partial charge in [-0.25, -0.2) is 0 Å². The molecule has 0 aromatic heterocycles. The van der Waals surface area contributed by atoms with Crippen LogP contribution in [-0.2, 0) is 9.59 Å². The van der Waals surface area contributed by atoms with Gasteiger partial charge in [-0.2, -0.15) is 0 Å². The van der Waals surface area contributed by atoms with Crippen molar-refractivity contribution in [1.29, 1.82) is 0 Å². The third-order valence-electron chi connectivity index (χ3n) is 1.73. The maximum atomic E-state index is 11.3. The van der Waals surface area contributed by atoms with E-state index in [1.165, 1.54) is 4.90 Å². The van der Waals surface area contributed by atoms with Gasteiger partial charge in [0.05, 0.1) is 6.04 Å². The Bertz CT molecular complexity index is 166. The Hall–Kier alpha value is -0.860. The number of carbonyl (C=O) groups is 1. The zero-order chi connectivity index (χ0) is 9.72. The van der Waals surface area contributed by atoms with E-state index in [2.05, 4.69) is 0 Å². The molecule has 1 atom stereocenters. The molecule has 3 heteroatoms. The minimum atomic E-state index is -0.434. The topological polar surface area (TPSA) is 37.4 Å². The second kappa shape index (κ2) is 4.91. The SMILES string of the molecule is CC(C)CC(=O)N(C)C(C)[C]=O. The highest BCUT2D eigenvalue weighted by Gasteiger charge is 2.15. The van der Waals surface area contributed by atoms with E-state index in [1.54, 1.807) is 20.3 Å². The molecule has 0 saturated heterocycles. The Morgan fingerprint density at radius 3 is 2.25 bits per heavy atom. The number of likely N-dealkylation sites (N-methyl/N-ethyl adjacent to an activating group) is 1. The molecule has 0 rings (SSSR count). The molecule has 0 heterocycles. The molecule has 0 N–H and O–H groups in total. The molecule has 0 fully saturated rings. The Balaban J connectivity index is 4.00. The zero-order valence-electron chi connectivity index (χ0n) is 8.13. The van der Waals surface area contributed by atoms with Gasteiger partial charge < -0.3 is 4.90 Å². The van der Waals surface area contributed by atoms with E-state index in [9.17, 15) is 9.59 Å². The molecule has 0 aliphatic carbocycles. The predicted octanol–water partition coefficient (Wildman–Crippen LogP) is 0.989. The molecule has 0 aliphatic rings. The first-order chi connectivity index (χ1) is 5.49. The van der Waals surface area contributed by atoms with Crippen LogP contribution in [0.1, 0.15) is 27.2 Å². The van der Waals surface area contributed by atoms with Crippen molar-refractivity contribution in [2.75, 3.05) is 7.05 Å². The van der Waals surface area contributed by atoms with Gasteiger partial charge >= 0.3 is 0 Å². The minimum Gasteiger partial charge on any atom is -0.335 e. The summed E-state index contributed by atoms with van der Waals surface area (Å²) in [5.41, 5.74) is 0. The van der Waals surface area contributed by atoms with E-state index in [-0.39, 0.29) is 5.91 Å². The number of amides is 1. The van der Waals surface area contributed by atoms with Crippen LogP contribution in [0, 0.1) is 5.92 Å². The molecule has 0 aromatic carbocycles. The zero-order valence-corrected chi connectivity index (χ0v) is 8.13. The van der Waals surface area contributed by atoms with Crippen LogP contribution in [0.5, 0.6) is 0 Å². The van der Waals surface area contributed by atoms with Crippen LogP contribution in [-0.4, -0.2) is 30.2 Å². The summed E-state index contributed by atoms with van der Waals surface area (Å²) < 4.78 is 0. The number of rotatable bonds is 4. The van der Waals surface area contributed by atoms with Gasteiger partial charge in [-0.05, 0) is 12.8 Å². The van der Waals surface area contributed by atoms with Gasteiger partial charge in [0.25, 0.3) is 0 Å². The smallest absolute Gasteiger partial charge is 0.223 e. The minimum absolute atomic E-state index is 0.000787. The lowest BCUT2D eigenvalue weighted by atomic mass is 10.1. The Morgan fingerprint density at radius 1 is 1.42 bits per heavy atom. The summed E-state index contributed by atoms with van der Waals surface area (Å²) in [5, 5.41) is 0. The van der Waals surface area contributed by atoms with Crippen molar-refractivity contribution in [2.45, 2.75) is 33.2 Å². The fourth-order valence-corrected chi connectivity index (χ4v) is 0.788. The molecule has 1 amide bonds. The third kappa shape index (κ3) is 3.51. The van der Waals surface area contributed by atoms with Gasteiger partial charge in [-0.1, -0.05) is 13.8 Å². The molecule has 0 aliphatic heterocycles.